The quantitative estimate of drug-likeness (QED) is 0.751. The van der Waals surface area contributed by atoms with Gasteiger partial charge in [-0.25, -0.2) is 8.42 Å². The molecule has 0 aromatic carbocycles. The smallest absolute Gasteiger partial charge is 0.245 e. The van der Waals surface area contributed by atoms with E-state index in [4.69, 9.17) is 46.4 Å². The Balaban J connectivity index is 2.69. The predicted molar refractivity (Wildman–Crippen MR) is 80.8 cm³/mol. The molecule has 2 rings (SSSR count). The lowest BCUT2D eigenvalue weighted by atomic mass is 10.4. The molecule has 2 aromatic rings. The Morgan fingerprint density at radius 2 is 1.24 bits per heavy atom. The molecule has 116 valence electrons. The molecule has 0 aliphatic rings. The first-order valence-corrected chi connectivity index (χ1v) is 8.76. The molecular formula is C10H10Cl4N4O2S. The van der Waals surface area contributed by atoms with E-state index in [9.17, 15) is 8.42 Å². The van der Waals surface area contributed by atoms with Gasteiger partial charge in [0.25, 0.3) is 0 Å². The van der Waals surface area contributed by atoms with Gasteiger partial charge in [-0.2, -0.15) is 10.2 Å². The number of aromatic nitrogens is 4. The molecule has 0 unspecified atom stereocenters. The van der Waals surface area contributed by atoms with E-state index in [0.717, 1.165) is 0 Å². The average Bonchev–Trinajstić information content (AvgIpc) is 2.93. The molecule has 21 heavy (non-hydrogen) atoms. The van der Waals surface area contributed by atoms with Crippen molar-refractivity contribution in [3.05, 3.63) is 23.5 Å². The summed E-state index contributed by atoms with van der Waals surface area (Å²) in [7, 11) is -0.931. The Morgan fingerprint density at radius 3 is 1.52 bits per heavy atom. The topological polar surface area (TPSA) is 69.8 Å². The summed E-state index contributed by atoms with van der Waals surface area (Å²) < 4.78 is 28.1. The van der Waals surface area contributed by atoms with Crippen molar-refractivity contribution in [2.45, 2.75) is 19.7 Å². The van der Waals surface area contributed by atoms with E-state index in [1.807, 2.05) is 0 Å². The Kier molecular flexibility index (Phi) is 4.80. The van der Waals surface area contributed by atoms with Crippen molar-refractivity contribution < 1.29 is 8.42 Å². The maximum absolute atomic E-state index is 12.7. The molecule has 0 fully saturated rings. The van der Waals surface area contributed by atoms with Crippen LogP contribution in [0.25, 0.3) is 0 Å². The van der Waals surface area contributed by atoms with E-state index in [0.29, 0.717) is 0 Å². The van der Waals surface area contributed by atoms with E-state index in [1.54, 1.807) is 14.1 Å². The van der Waals surface area contributed by atoms with Gasteiger partial charge in [-0.1, -0.05) is 46.4 Å². The first-order chi connectivity index (χ1) is 9.64. The van der Waals surface area contributed by atoms with Crippen LogP contribution in [0.1, 0.15) is 20.8 Å². The summed E-state index contributed by atoms with van der Waals surface area (Å²) in [6.45, 7) is 0. The number of rotatable bonds is 4. The van der Waals surface area contributed by atoms with Crippen molar-refractivity contribution in [2.75, 3.05) is 0 Å². The molecule has 2 heterocycles. The fraction of sp³-hybridized carbons (Fsp3) is 0.400. The van der Waals surface area contributed by atoms with Crippen molar-refractivity contribution in [1.82, 2.24) is 19.6 Å². The van der Waals surface area contributed by atoms with Gasteiger partial charge in [0.15, 0.2) is 10.1 Å². The van der Waals surface area contributed by atoms with Gasteiger partial charge in [-0.05, 0) is 0 Å². The molecule has 11 heteroatoms. The number of hydrogen-bond donors (Lipinski definition) is 0. The number of hydrogen-bond acceptors (Lipinski definition) is 4. The van der Waals surface area contributed by atoms with Gasteiger partial charge in [-0.15, -0.1) is 0 Å². The fourth-order valence-corrected chi connectivity index (χ4v) is 4.30. The average molecular weight is 392 g/mol. The number of nitrogens with zero attached hydrogens (tertiary/aromatic N) is 4. The first kappa shape index (κ1) is 16.9. The van der Waals surface area contributed by atoms with Gasteiger partial charge >= 0.3 is 0 Å². The van der Waals surface area contributed by atoms with Crippen LogP contribution >= 0.6 is 46.4 Å². The predicted octanol–water partition coefficient (Wildman–Crippen LogP) is 2.94. The van der Waals surface area contributed by atoms with Crippen LogP contribution in [0, 0.1) is 0 Å². The molecular weight excluding hydrogens is 382 g/mol. The van der Waals surface area contributed by atoms with Gasteiger partial charge in [0.05, 0.1) is 0 Å². The van der Waals surface area contributed by atoms with Crippen LogP contribution in [0.2, 0.25) is 0 Å². The zero-order valence-corrected chi connectivity index (χ0v) is 14.7. The van der Waals surface area contributed by atoms with Crippen molar-refractivity contribution in [3.8, 4) is 0 Å². The Morgan fingerprint density at radius 1 is 0.905 bits per heavy atom. The van der Waals surface area contributed by atoms with E-state index in [2.05, 4.69) is 10.2 Å². The molecule has 0 saturated heterocycles. The van der Waals surface area contributed by atoms with Crippen molar-refractivity contribution in [2.24, 2.45) is 14.1 Å². The lowest BCUT2D eigenvalue weighted by Crippen LogP contribution is -2.09. The summed E-state index contributed by atoms with van der Waals surface area (Å²) in [5.74, 6) is 0. The Hall–Kier alpha value is -0.470. The second kappa shape index (κ2) is 5.96. The monoisotopic (exact) mass is 390 g/mol. The summed E-state index contributed by atoms with van der Waals surface area (Å²) in [5.41, 5.74) is 0.330. The normalized spacial score (nSPS) is 12.6. The second-order valence-corrected chi connectivity index (χ2v) is 8.20. The van der Waals surface area contributed by atoms with Gasteiger partial charge in [0.2, 0.25) is 9.84 Å². The number of sulfone groups is 1. The molecule has 0 atom stereocenters. The van der Waals surface area contributed by atoms with Crippen molar-refractivity contribution >= 4 is 56.2 Å². The molecule has 0 amide bonds. The van der Waals surface area contributed by atoms with Gasteiger partial charge in [0, 0.05) is 37.6 Å². The maximum atomic E-state index is 12.7. The van der Waals surface area contributed by atoms with Crippen molar-refractivity contribution in [3.63, 3.8) is 0 Å². The van der Waals surface area contributed by atoms with E-state index in [-0.39, 0.29) is 21.2 Å². The minimum atomic E-state index is -4.05. The maximum Gasteiger partial charge on any atom is 0.245 e. The third-order valence-corrected chi connectivity index (χ3v) is 5.22. The highest BCUT2D eigenvalue weighted by Gasteiger charge is 2.33. The Bertz CT molecular complexity index is 708. The third-order valence-electron chi connectivity index (χ3n) is 2.62. The molecule has 0 spiro atoms. The van der Waals surface area contributed by atoms with Crippen LogP contribution in [0.15, 0.2) is 22.4 Å². The number of halogens is 4. The first-order valence-electron chi connectivity index (χ1n) is 5.53. The Labute approximate surface area is 141 Å². The van der Waals surface area contributed by atoms with Crippen molar-refractivity contribution in [1.29, 1.82) is 0 Å². The van der Waals surface area contributed by atoms with Gasteiger partial charge < -0.3 is 0 Å². The number of alkyl halides is 4. The molecule has 2 aromatic heterocycles. The van der Waals surface area contributed by atoms with Crippen LogP contribution in [-0.2, 0) is 23.9 Å². The molecule has 0 bridgehead atoms. The van der Waals surface area contributed by atoms with E-state index >= 15 is 0 Å². The van der Waals surface area contributed by atoms with Crippen LogP contribution in [0.4, 0.5) is 0 Å². The molecule has 0 aliphatic carbocycles. The zero-order chi connectivity index (χ0) is 15.9. The summed E-state index contributed by atoms with van der Waals surface area (Å²) in [5, 5.41) is 7.29. The van der Waals surface area contributed by atoms with E-state index < -0.39 is 19.5 Å². The molecule has 0 radical (unpaired) electrons. The summed E-state index contributed by atoms with van der Waals surface area (Å²) in [6, 6.07) is 0. The highest BCUT2D eigenvalue weighted by atomic mass is 35.5. The zero-order valence-electron chi connectivity index (χ0n) is 10.8. The minimum absolute atomic E-state index is 0.165. The second-order valence-electron chi connectivity index (χ2n) is 4.23. The van der Waals surface area contributed by atoms with Crippen LogP contribution in [0.5, 0.6) is 0 Å². The summed E-state index contributed by atoms with van der Waals surface area (Å²) >= 11 is 23.2. The standard InChI is InChI=1S/C10H10Cl4N4O2S/c1-17-3-5(7(11)12)9(15-17)21(19,20)10-6(8(13)14)4-18(2)16-10/h3-4,7-8H,1-2H3. The summed E-state index contributed by atoms with van der Waals surface area (Å²) in [6.07, 6.45) is 2.86. The fourth-order valence-electron chi connectivity index (χ4n) is 1.78. The summed E-state index contributed by atoms with van der Waals surface area (Å²) in [4.78, 5) is -2.09. The van der Waals surface area contributed by atoms with Crippen LogP contribution in [-0.4, -0.2) is 28.0 Å². The highest BCUT2D eigenvalue weighted by Crippen LogP contribution is 2.36. The lowest BCUT2D eigenvalue weighted by Gasteiger charge is -2.05. The molecule has 0 saturated carbocycles. The lowest BCUT2D eigenvalue weighted by molar-refractivity contribution is 0.578. The molecule has 0 N–H and O–H groups in total. The molecule has 0 aliphatic heterocycles. The SMILES string of the molecule is Cn1cc(C(Cl)Cl)c(S(=O)(=O)c2nn(C)cc2C(Cl)Cl)n1. The largest absolute Gasteiger partial charge is 0.274 e. The number of aryl methyl sites for hydroxylation is 2. The van der Waals surface area contributed by atoms with Crippen LogP contribution < -0.4 is 0 Å². The molecule has 6 nitrogen and oxygen atoms in total. The third kappa shape index (κ3) is 3.17. The van der Waals surface area contributed by atoms with Gasteiger partial charge in [-0.3, -0.25) is 9.36 Å². The van der Waals surface area contributed by atoms with E-state index in [1.165, 1.54) is 21.8 Å². The van der Waals surface area contributed by atoms with Crippen LogP contribution in [0.3, 0.4) is 0 Å². The highest BCUT2D eigenvalue weighted by molar-refractivity contribution is 7.91. The van der Waals surface area contributed by atoms with Gasteiger partial charge in [0.1, 0.15) is 9.67 Å². The minimum Gasteiger partial charge on any atom is -0.274 e.